The van der Waals surface area contributed by atoms with Gasteiger partial charge in [-0.1, -0.05) is 336 Å². The van der Waals surface area contributed by atoms with Crippen LogP contribution in [0.4, 0.5) is 17.6 Å². The summed E-state index contributed by atoms with van der Waals surface area (Å²) in [5.74, 6) is 0.434. The maximum atomic E-state index is 10.9. The summed E-state index contributed by atoms with van der Waals surface area (Å²) in [7, 11) is 0. The zero-order valence-electron chi connectivity index (χ0n) is 85.7. The van der Waals surface area contributed by atoms with Crippen LogP contribution in [0.2, 0.25) is 0 Å². The molecule has 3 amide bonds. The predicted molar refractivity (Wildman–Crippen MR) is 574 cm³/mol. The Kier molecular flexibility index (Phi) is 40.5. The fraction of sp³-hybridized carbons (Fsp3) is 0.372. The maximum Gasteiger partial charge on any atom is 0.267 e. The van der Waals surface area contributed by atoms with Crippen LogP contribution in [-0.4, -0.2) is 74.5 Å². The van der Waals surface area contributed by atoms with Crippen LogP contribution in [-0.2, 0) is 60.7 Å². The first-order chi connectivity index (χ1) is 62.1. The number of anilines is 3. The fourth-order valence-electron chi connectivity index (χ4n) is 12.7. The van der Waals surface area contributed by atoms with Crippen molar-refractivity contribution in [2.24, 2.45) is 34.4 Å². The first kappa shape index (κ1) is 115. The van der Waals surface area contributed by atoms with Crippen molar-refractivity contribution in [3.63, 3.8) is 0 Å². The summed E-state index contributed by atoms with van der Waals surface area (Å²) in [6.07, 6.45) is 13.9. The highest BCUT2D eigenvalue weighted by molar-refractivity contribution is 5.96. The maximum absolute atomic E-state index is 10.9. The zero-order valence-corrected chi connectivity index (χ0v) is 85.7. The minimum Gasteiger partial charge on any atom is -0.384 e. The van der Waals surface area contributed by atoms with Crippen LogP contribution in [0, 0.1) is 10.8 Å². The Hall–Kier alpha value is -13.7. The number of rotatable bonds is 6. The molecule has 0 unspecified atom stereocenters. The molecule has 136 heavy (non-hydrogen) atoms. The number of hydrogen-bond donors (Lipinski definition) is 12. The van der Waals surface area contributed by atoms with Crippen molar-refractivity contribution in [1.82, 2.24) is 45.1 Å². The average Bonchev–Trinajstić information content (AvgIpc) is 1.75. The van der Waals surface area contributed by atoms with Gasteiger partial charge in [-0.15, -0.1) is 5.10 Å². The van der Waals surface area contributed by atoms with Gasteiger partial charge in [-0.05, 0) is 193 Å². The molecule has 0 aliphatic carbocycles. The largest absolute Gasteiger partial charge is 0.384 e. The van der Waals surface area contributed by atoms with E-state index in [4.69, 9.17) is 62.4 Å². The van der Waals surface area contributed by atoms with Crippen LogP contribution < -0.4 is 51.6 Å². The minimum absolute atomic E-state index is 0. The molecule has 21 N–H and O–H groups in total. The number of nitrogens with one attached hydrogen (secondary N) is 3. The van der Waals surface area contributed by atoms with Gasteiger partial charge in [0, 0.05) is 82.6 Å². The van der Waals surface area contributed by atoms with Crippen LogP contribution in [0.15, 0.2) is 238 Å². The van der Waals surface area contributed by atoms with E-state index in [0.29, 0.717) is 46.6 Å². The van der Waals surface area contributed by atoms with Crippen molar-refractivity contribution in [3.8, 4) is 0 Å². The van der Waals surface area contributed by atoms with Crippen molar-refractivity contribution in [1.29, 1.82) is 10.8 Å². The molecule has 23 heteroatoms. The Morgan fingerprint density at radius 2 is 0.743 bits per heavy atom. The number of fused-ring (bicyclic) bond motifs is 4. The van der Waals surface area contributed by atoms with Crippen molar-refractivity contribution in [2.75, 3.05) is 17.2 Å². The van der Waals surface area contributed by atoms with E-state index in [1.54, 1.807) is 55.2 Å². The molecule has 0 aliphatic rings. The number of H-pyrrole nitrogens is 1. The summed E-state index contributed by atoms with van der Waals surface area (Å²) >= 11 is 0. The highest BCUT2D eigenvalue weighted by atomic mass is 16.2. The van der Waals surface area contributed by atoms with Gasteiger partial charge < -0.3 is 56.6 Å². The van der Waals surface area contributed by atoms with Crippen molar-refractivity contribution >= 4 is 90.3 Å². The molecule has 14 rings (SSSR count). The highest BCUT2D eigenvalue weighted by Crippen LogP contribution is 2.33. The molecule has 7 aromatic carbocycles. The van der Waals surface area contributed by atoms with Gasteiger partial charge in [0.15, 0.2) is 11.8 Å². The molecule has 0 fully saturated rings. The predicted octanol–water partition coefficient (Wildman–Crippen LogP) is 23.6. The molecule has 726 valence electrons. The zero-order chi connectivity index (χ0) is 102. The van der Waals surface area contributed by atoms with Crippen molar-refractivity contribution in [2.45, 2.75) is 276 Å². The molecule has 14 aromatic rings. The quantitative estimate of drug-likeness (QED) is 0.0543. The lowest BCUT2D eigenvalue weighted by Crippen LogP contribution is -2.16. The molecule has 0 bridgehead atoms. The van der Waals surface area contributed by atoms with E-state index in [2.05, 4.69) is 344 Å². The Morgan fingerprint density at radius 1 is 0.316 bits per heavy atom. The highest BCUT2D eigenvalue weighted by Gasteiger charge is 2.23. The van der Waals surface area contributed by atoms with Crippen LogP contribution >= 0.6 is 0 Å². The Balaban J connectivity index is 0.000000316. The minimum atomic E-state index is -0.480. The van der Waals surface area contributed by atoms with Crippen LogP contribution in [0.5, 0.6) is 0 Å². The van der Waals surface area contributed by atoms with E-state index in [0.717, 1.165) is 60.4 Å². The van der Waals surface area contributed by atoms with E-state index in [1.807, 2.05) is 85.2 Å². The van der Waals surface area contributed by atoms with Gasteiger partial charge in [0.25, 0.3) is 5.91 Å². The Labute approximate surface area is 810 Å². The van der Waals surface area contributed by atoms with Gasteiger partial charge in [-0.3, -0.25) is 45.1 Å². The second kappa shape index (κ2) is 48.0. The third kappa shape index (κ3) is 37.0. The molecule has 0 radical (unpaired) electrons. The van der Waals surface area contributed by atoms with E-state index >= 15 is 0 Å². The van der Waals surface area contributed by atoms with Gasteiger partial charge in [-0.25, -0.2) is 9.97 Å². The van der Waals surface area contributed by atoms with Gasteiger partial charge >= 0.3 is 0 Å². The SMILES string of the molecule is C.CC(C)(C)c1ccc(C(=N)N)cc1.CC(C)(C)c1ccc(C(=N)N)nc1.CC(C)(C)c1ccc(CN)cc1.CC(C)(C)c1ccc2c(N)nccc2c1.CC(C)(C)c1ccc2c(N)nncc2c1.CC(C)(C)c1ccc2cnccc2c1.CC(C)(C)c1ccc2nc(N)[nH]c2c1.CC(C)(C)c1cccc(C(N)=O)c1.CC(C)(C)c1ccnc(C(N)=O)c1.CC(C)(C)c1cncc(C(N)=O)c1. The number of nitrogens with two attached hydrogens (primary N) is 9. The second-order valence-corrected chi connectivity index (χ2v) is 43.8. The molecule has 0 saturated heterocycles. The number of primary amides is 3. The van der Waals surface area contributed by atoms with Gasteiger partial charge in [0.05, 0.1) is 22.8 Å². The van der Waals surface area contributed by atoms with Gasteiger partial charge in [0.2, 0.25) is 11.8 Å². The van der Waals surface area contributed by atoms with Crippen LogP contribution in [0.3, 0.4) is 0 Å². The van der Waals surface area contributed by atoms with E-state index in [1.165, 1.54) is 55.9 Å². The number of pyridine rings is 5. The summed E-state index contributed by atoms with van der Waals surface area (Å²) in [6.45, 7) is 65.3. The van der Waals surface area contributed by atoms with Gasteiger partial charge in [0.1, 0.15) is 28.9 Å². The van der Waals surface area contributed by atoms with E-state index in [-0.39, 0.29) is 79.2 Å². The van der Waals surface area contributed by atoms with Crippen LogP contribution in [0.25, 0.3) is 43.4 Å². The molecular weight excluding hydrogens is 1690 g/mol. The smallest absolute Gasteiger partial charge is 0.267 e. The van der Waals surface area contributed by atoms with Crippen molar-refractivity contribution < 1.29 is 14.4 Å². The molecule has 0 aliphatic heterocycles. The van der Waals surface area contributed by atoms with Gasteiger partial charge in [-0.2, -0.15) is 5.10 Å². The molecule has 23 nitrogen and oxygen atoms in total. The number of carbonyl (C=O) groups excluding carboxylic acids is 3. The summed E-state index contributed by atoms with van der Waals surface area (Å²) in [5, 5.41) is 28.8. The third-order valence-corrected chi connectivity index (χ3v) is 21.9. The standard InChI is InChI=1S/C13H16N2.C13H15N.C12H15N3.C11H15N3.C11H16N2.C11H15NO.C11H17N.C10H15N3.2C10H14N2O.CH4/c1-13(2,3)10-4-5-11-9(8-10)6-7-15-12(11)14;1-13(2,3)12-5-4-11-9-14-7-6-10(11)8-12;1-12(2,3)9-4-5-10-8(6-9)7-14-15-11(10)13;1-11(2,3)7-4-5-8-9(6-7)14-10(12)13-8;1-11(2,3)9-6-4-8(5-7-9)10(12)13;1-11(2,3)9-6-4-5-8(7-9)10(12)13;1-11(2,3)10-6-4-9(8-12)5-7-10;1-10(2,3)7-4-5-8(9(11)12)13-6-7;1-10(2,3)8-4-7(9(11)13)5-12-6-8;1-10(2,3)7-4-5-12-8(6-7)9(11)13;/h4-8H,1-3H3,(H2,14,15);4-9H,1-3H3;4-7H,1-3H3,(H2,13,15);4-6H,1-3H3,(H3,12,13,14);4-7H,1-3H3,(H3,12,13);4-7H,1-3H3,(H2,12,13);4-7H,8,12H2,1-3H3;4-6H,1-3H3,(H3,11,12);2*4-6H,1-3H3,(H2,11,13);1H4. The average molecular weight is 1840 g/mol. The van der Waals surface area contributed by atoms with E-state index in [9.17, 15) is 14.4 Å². The first-order valence-corrected chi connectivity index (χ1v) is 45.3. The monoisotopic (exact) mass is 1840 g/mol. The number of nitrogens with zero attached hydrogens (tertiary/aromatic N) is 8. The summed E-state index contributed by atoms with van der Waals surface area (Å²) < 4.78 is 0. The molecule has 7 aromatic heterocycles. The summed E-state index contributed by atoms with van der Waals surface area (Å²) in [6, 6.07) is 62.4. The number of aromatic nitrogens is 9. The molecular formula is C113H156N20O3. The summed E-state index contributed by atoms with van der Waals surface area (Å²) in [5.41, 5.74) is 68.1. The number of nitrogen functional groups attached to an aromatic ring is 5. The lowest BCUT2D eigenvalue weighted by atomic mass is 9.86. The number of carbonyl (C=O) groups is 3. The van der Waals surface area contributed by atoms with E-state index < -0.39 is 11.8 Å². The number of benzene rings is 7. The third-order valence-electron chi connectivity index (χ3n) is 21.9. The van der Waals surface area contributed by atoms with Crippen LogP contribution in [0.1, 0.15) is 319 Å². The lowest BCUT2D eigenvalue weighted by molar-refractivity contribution is 0.0988. The topological polar surface area (TPSA) is 452 Å². The van der Waals surface area contributed by atoms with Crippen molar-refractivity contribution in [3.05, 3.63) is 327 Å². The molecule has 0 atom stereocenters. The number of aromatic amines is 1. The molecule has 0 spiro atoms. The first-order valence-electron chi connectivity index (χ1n) is 45.3. The fourth-order valence-corrected chi connectivity index (χ4v) is 12.7. The molecule has 0 saturated carbocycles. The Bertz CT molecular complexity index is 5940. The number of hydrogen-bond acceptors (Lipinski definition) is 17. The number of amidine groups is 2. The number of amides is 3. The Morgan fingerprint density at radius 3 is 1.21 bits per heavy atom. The number of imidazole rings is 1. The second-order valence-electron chi connectivity index (χ2n) is 43.8. The lowest BCUT2D eigenvalue weighted by Gasteiger charge is -2.19. The summed E-state index contributed by atoms with van der Waals surface area (Å²) in [4.78, 5) is 59.9. The molecule has 7 heterocycles. The normalized spacial score (nSPS) is 11.6.